The van der Waals surface area contributed by atoms with Gasteiger partial charge in [0, 0.05) is 43.2 Å². The molecule has 0 bridgehead atoms. The Hall–Kier alpha value is -1.78. The molecule has 3 rings (SSSR count). The highest BCUT2D eigenvalue weighted by Gasteiger charge is 2.12. The Balaban J connectivity index is 1.50. The van der Waals surface area contributed by atoms with Crippen molar-refractivity contribution in [3.05, 3.63) is 64.7 Å². The van der Waals surface area contributed by atoms with Gasteiger partial charge in [0.2, 0.25) is 5.91 Å². The third kappa shape index (κ3) is 6.12. The van der Waals surface area contributed by atoms with E-state index >= 15 is 0 Å². The number of aryl methyl sites for hydroxylation is 3. The summed E-state index contributed by atoms with van der Waals surface area (Å²) >= 11 is 2.04. The van der Waals surface area contributed by atoms with Crippen LogP contribution < -0.4 is 5.32 Å². The molecule has 0 atom stereocenters. The van der Waals surface area contributed by atoms with Crippen LogP contribution in [0.25, 0.3) is 0 Å². The fourth-order valence-electron chi connectivity index (χ4n) is 3.39. The number of anilines is 1. The summed E-state index contributed by atoms with van der Waals surface area (Å²) in [7, 11) is 0. The first-order chi connectivity index (χ1) is 13.1. The van der Waals surface area contributed by atoms with Crippen LogP contribution in [0.4, 0.5) is 5.69 Å². The maximum absolute atomic E-state index is 12.3. The Morgan fingerprint density at radius 2 is 1.70 bits per heavy atom. The summed E-state index contributed by atoms with van der Waals surface area (Å²) in [5, 5.41) is 3.08. The van der Waals surface area contributed by atoms with Crippen molar-refractivity contribution in [1.82, 2.24) is 4.90 Å². The van der Waals surface area contributed by atoms with Crippen molar-refractivity contribution >= 4 is 23.4 Å². The van der Waals surface area contributed by atoms with Gasteiger partial charge in [0.1, 0.15) is 0 Å². The Kier molecular flexibility index (Phi) is 7.36. The Morgan fingerprint density at radius 1 is 1.04 bits per heavy atom. The average molecular weight is 383 g/mol. The first-order valence-electron chi connectivity index (χ1n) is 9.91. The minimum atomic E-state index is 0.0819. The second kappa shape index (κ2) is 9.95. The van der Waals surface area contributed by atoms with Gasteiger partial charge in [0.15, 0.2) is 0 Å². The van der Waals surface area contributed by atoms with Crippen molar-refractivity contribution in [2.24, 2.45) is 0 Å². The molecule has 1 saturated heterocycles. The molecule has 1 N–H and O–H groups in total. The SMILES string of the molecule is CCc1ccc(CCC(=O)Nc2ccc(CN3CCSCC3)cc2C)cc1. The molecular weight excluding hydrogens is 352 g/mol. The zero-order valence-electron chi connectivity index (χ0n) is 16.5. The van der Waals surface area contributed by atoms with E-state index in [1.165, 1.54) is 41.3 Å². The zero-order valence-corrected chi connectivity index (χ0v) is 17.3. The molecule has 3 nitrogen and oxygen atoms in total. The fraction of sp³-hybridized carbons (Fsp3) is 0.435. The minimum Gasteiger partial charge on any atom is -0.326 e. The summed E-state index contributed by atoms with van der Waals surface area (Å²) in [4.78, 5) is 14.8. The van der Waals surface area contributed by atoms with Crippen molar-refractivity contribution in [1.29, 1.82) is 0 Å². The molecule has 0 unspecified atom stereocenters. The molecule has 27 heavy (non-hydrogen) atoms. The molecule has 2 aromatic carbocycles. The number of nitrogens with one attached hydrogen (secondary N) is 1. The number of hydrogen-bond acceptors (Lipinski definition) is 3. The number of carbonyl (C=O) groups is 1. The number of hydrogen-bond donors (Lipinski definition) is 1. The lowest BCUT2D eigenvalue weighted by Crippen LogP contribution is -2.31. The number of amides is 1. The predicted molar refractivity (Wildman–Crippen MR) is 117 cm³/mol. The zero-order chi connectivity index (χ0) is 19.1. The lowest BCUT2D eigenvalue weighted by Gasteiger charge is -2.26. The number of thioether (sulfide) groups is 1. The quantitative estimate of drug-likeness (QED) is 0.755. The molecule has 1 heterocycles. The van der Waals surface area contributed by atoms with Crippen LogP contribution in [-0.2, 0) is 24.2 Å². The van der Waals surface area contributed by atoms with E-state index in [9.17, 15) is 4.79 Å². The second-order valence-corrected chi connectivity index (χ2v) is 8.48. The highest BCUT2D eigenvalue weighted by atomic mass is 32.2. The normalized spacial score (nSPS) is 14.9. The molecule has 1 aliphatic rings. The molecule has 0 spiro atoms. The van der Waals surface area contributed by atoms with Gasteiger partial charge in [-0.1, -0.05) is 43.3 Å². The maximum atomic E-state index is 12.3. The first-order valence-corrected chi connectivity index (χ1v) is 11.1. The molecular formula is C23H30N2OS. The van der Waals surface area contributed by atoms with Crippen molar-refractivity contribution in [2.45, 2.75) is 39.7 Å². The van der Waals surface area contributed by atoms with Gasteiger partial charge in [-0.15, -0.1) is 0 Å². The van der Waals surface area contributed by atoms with Gasteiger partial charge < -0.3 is 5.32 Å². The van der Waals surface area contributed by atoms with Gasteiger partial charge in [-0.05, 0) is 48.1 Å². The third-order valence-corrected chi connectivity index (χ3v) is 6.09. The van der Waals surface area contributed by atoms with Crippen LogP contribution in [-0.4, -0.2) is 35.4 Å². The van der Waals surface area contributed by atoms with Gasteiger partial charge in [-0.25, -0.2) is 0 Å². The summed E-state index contributed by atoms with van der Waals surface area (Å²) in [6.45, 7) is 7.57. The number of rotatable bonds is 7. The summed E-state index contributed by atoms with van der Waals surface area (Å²) in [5.41, 5.74) is 5.95. The van der Waals surface area contributed by atoms with Gasteiger partial charge in [-0.3, -0.25) is 9.69 Å². The monoisotopic (exact) mass is 382 g/mol. The van der Waals surface area contributed by atoms with Crippen LogP contribution in [0.5, 0.6) is 0 Å². The summed E-state index contributed by atoms with van der Waals surface area (Å²) < 4.78 is 0. The van der Waals surface area contributed by atoms with Crippen LogP contribution in [0.3, 0.4) is 0 Å². The molecule has 1 aliphatic heterocycles. The molecule has 1 amide bonds. The lowest BCUT2D eigenvalue weighted by molar-refractivity contribution is -0.116. The van der Waals surface area contributed by atoms with E-state index in [1.54, 1.807) is 0 Å². The Morgan fingerprint density at radius 3 is 2.37 bits per heavy atom. The second-order valence-electron chi connectivity index (χ2n) is 7.26. The van der Waals surface area contributed by atoms with E-state index in [0.29, 0.717) is 6.42 Å². The van der Waals surface area contributed by atoms with Crippen molar-refractivity contribution < 1.29 is 4.79 Å². The summed E-state index contributed by atoms with van der Waals surface area (Å²) in [6.07, 6.45) is 2.34. The van der Waals surface area contributed by atoms with Crippen molar-refractivity contribution in [3.8, 4) is 0 Å². The largest absolute Gasteiger partial charge is 0.326 e. The molecule has 144 valence electrons. The van der Waals surface area contributed by atoms with E-state index in [1.807, 2.05) is 11.8 Å². The topological polar surface area (TPSA) is 32.3 Å². The molecule has 0 aromatic heterocycles. The van der Waals surface area contributed by atoms with Gasteiger partial charge in [-0.2, -0.15) is 11.8 Å². The highest BCUT2D eigenvalue weighted by Crippen LogP contribution is 2.20. The highest BCUT2D eigenvalue weighted by molar-refractivity contribution is 7.99. The number of benzene rings is 2. The van der Waals surface area contributed by atoms with Crippen molar-refractivity contribution in [3.63, 3.8) is 0 Å². The standard InChI is InChI=1S/C23H30N2OS/c1-3-19-4-6-20(7-5-19)9-11-23(26)24-22-10-8-21(16-18(22)2)17-25-12-14-27-15-13-25/h4-8,10,16H,3,9,11-15,17H2,1-2H3,(H,24,26). The van der Waals surface area contributed by atoms with E-state index in [2.05, 4.69) is 66.5 Å². The molecule has 0 saturated carbocycles. The van der Waals surface area contributed by atoms with Crippen LogP contribution >= 0.6 is 11.8 Å². The first kappa shape index (κ1) is 20.0. The van der Waals surface area contributed by atoms with Gasteiger partial charge in [0.25, 0.3) is 0 Å². The average Bonchev–Trinajstić information content (AvgIpc) is 2.70. The van der Waals surface area contributed by atoms with Crippen LogP contribution in [0.15, 0.2) is 42.5 Å². The third-order valence-electron chi connectivity index (χ3n) is 5.15. The Bertz CT molecular complexity index is 751. The van der Waals surface area contributed by atoms with E-state index in [0.717, 1.165) is 30.6 Å². The van der Waals surface area contributed by atoms with E-state index in [-0.39, 0.29) is 5.91 Å². The minimum absolute atomic E-state index is 0.0819. The van der Waals surface area contributed by atoms with Crippen LogP contribution in [0.2, 0.25) is 0 Å². The van der Waals surface area contributed by atoms with Gasteiger partial charge >= 0.3 is 0 Å². The number of nitrogens with zero attached hydrogens (tertiary/aromatic N) is 1. The molecule has 1 fully saturated rings. The number of carbonyl (C=O) groups excluding carboxylic acids is 1. The van der Waals surface area contributed by atoms with E-state index < -0.39 is 0 Å². The lowest BCUT2D eigenvalue weighted by atomic mass is 10.1. The molecule has 2 aromatic rings. The fourth-order valence-corrected chi connectivity index (χ4v) is 4.37. The van der Waals surface area contributed by atoms with Gasteiger partial charge in [0.05, 0.1) is 0 Å². The summed E-state index contributed by atoms with van der Waals surface area (Å²) in [5.74, 6) is 2.54. The molecule has 0 aliphatic carbocycles. The molecule has 0 radical (unpaired) electrons. The van der Waals surface area contributed by atoms with Crippen LogP contribution in [0, 0.1) is 6.92 Å². The van der Waals surface area contributed by atoms with Crippen molar-refractivity contribution in [2.75, 3.05) is 29.9 Å². The van der Waals surface area contributed by atoms with Crippen LogP contribution in [0.1, 0.15) is 35.6 Å². The predicted octanol–water partition coefficient (Wildman–Crippen LogP) is 4.68. The molecule has 4 heteroatoms. The smallest absolute Gasteiger partial charge is 0.224 e. The maximum Gasteiger partial charge on any atom is 0.224 e. The van der Waals surface area contributed by atoms with E-state index in [4.69, 9.17) is 0 Å². The summed E-state index contributed by atoms with van der Waals surface area (Å²) in [6, 6.07) is 15.0. The Labute approximate surface area is 167 Å².